The van der Waals surface area contributed by atoms with E-state index in [9.17, 15) is 9.59 Å². The number of nitrogens with zero attached hydrogens (tertiary/aromatic N) is 4. The van der Waals surface area contributed by atoms with Crippen molar-refractivity contribution < 1.29 is 4.79 Å². The van der Waals surface area contributed by atoms with E-state index in [-0.39, 0.29) is 11.5 Å². The number of amides is 1. The van der Waals surface area contributed by atoms with Crippen LogP contribution in [0.25, 0.3) is 5.82 Å². The summed E-state index contributed by atoms with van der Waals surface area (Å²) in [7, 11) is 0. The largest absolute Gasteiger partial charge is 0.324 e. The molecule has 0 fully saturated rings. The summed E-state index contributed by atoms with van der Waals surface area (Å²) in [5.41, 5.74) is 4.22. The van der Waals surface area contributed by atoms with Gasteiger partial charge in [-0.15, -0.1) is 5.10 Å². The van der Waals surface area contributed by atoms with Gasteiger partial charge in [-0.05, 0) is 70.0 Å². The van der Waals surface area contributed by atoms with Crippen LogP contribution >= 0.6 is 0 Å². The van der Waals surface area contributed by atoms with Gasteiger partial charge in [0.15, 0.2) is 5.82 Å². The zero-order valence-electron chi connectivity index (χ0n) is 16.1. The second-order valence-electron chi connectivity index (χ2n) is 6.85. The molecule has 1 aromatic carbocycles. The maximum Gasteiger partial charge on any atom is 0.267 e. The van der Waals surface area contributed by atoms with Gasteiger partial charge in [-0.1, -0.05) is 6.07 Å². The van der Waals surface area contributed by atoms with E-state index in [2.05, 4.69) is 15.5 Å². The average Bonchev–Trinajstić information content (AvgIpc) is 2.92. The van der Waals surface area contributed by atoms with E-state index in [1.165, 1.54) is 10.7 Å². The quantitative estimate of drug-likeness (QED) is 0.771. The lowest BCUT2D eigenvalue weighted by molar-refractivity contribution is -0.119. The molecule has 1 amide bonds. The molecule has 0 saturated carbocycles. The smallest absolute Gasteiger partial charge is 0.267 e. The molecule has 0 bridgehead atoms. The van der Waals surface area contributed by atoms with Gasteiger partial charge < -0.3 is 5.32 Å². The second kappa shape index (κ2) is 7.19. The molecule has 3 aromatic rings. The van der Waals surface area contributed by atoms with Gasteiger partial charge in [0.2, 0.25) is 5.91 Å². The van der Waals surface area contributed by atoms with Gasteiger partial charge in [0.05, 0.1) is 5.69 Å². The maximum absolute atomic E-state index is 12.7. The molecular formula is C20H23N5O2. The third-order valence-electron chi connectivity index (χ3n) is 4.27. The number of anilines is 1. The number of aryl methyl sites for hydroxylation is 4. The van der Waals surface area contributed by atoms with Crippen LogP contribution in [0.15, 0.2) is 41.2 Å². The number of benzene rings is 1. The Balaban J connectivity index is 1.90. The minimum atomic E-state index is -0.768. The molecule has 7 heteroatoms. The van der Waals surface area contributed by atoms with Gasteiger partial charge in [-0.3, -0.25) is 9.59 Å². The van der Waals surface area contributed by atoms with Crippen LogP contribution in [0, 0.1) is 27.7 Å². The van der Waals surface area contributed by atoms with Crippen LogP contribution in [0.1, 0.15) is 35.5 Å². The van der Waals surface area contributed by atoms with E-state index in [0.717, 1.165) is 22.5 Å². The van der Waals surface area contributed by atoms with E-state index < -0.39 is 6.04 Å². The van der Waals surface area contributed by atoms with Crippen LogP contribution < -0.4 is 10.9 Å². The lowest BCUT2D eigenvalue weighted by Gasteiger charge is -2.16. The molecule has 1 atom stereocenters. The molecule has 7 nitrogen and oxygen atoms in total. The van der Waals surface area contributed by atoms with E-state index >= 15 is 0 Å². The van der Waals surface area contributed by atoms with Crippen molar-refractivity contribution in [3.63, 3.8) is 0 Å². The number of rotatable bonds is 4. The van der Waals surface area contributed by atoms with Crippen LogP contribution in [-0.2, 0) is 4.79 Å². The summed E-state index contributed by atoms with van der Waals surface area (Å²) in [4.78, 5) is 25.0. The standard InChI is InChI=1S/C20H23N5O2/c1-12-8-13(2)10-17(9-12)21-20(27)16(5)25-19(26)7-6-18(23-25)24-15(4)11-14(3)22-24/h6-11,16H,1-5H3,(H,21,27). The summed E-state index contributed by atoms with van der Waals surface area (Å²) in [6, 6.07) is 9.97. The molecule has 27 heavy (non-hydrogen) atoms. The van der Waals surface area contributed by atoms with E-state index in [1.54, 1.807) is 17.7 Å². The third kappa shape index (κ3) is 3.97. The van der Waals surface area contributed by atoms with Crippen molar-refractivity contribution in [1.82, 2.24) is 19.6 Å². The van der Waals surface area contributed by atoms with Gasteiger partial charge in [0, 0.05) is 17.4 Å². The highest BCUT2D eigenvalue weighted by atomic mass is 16.2. The molecule has 1 N–H and O–H groups in total. The van der Waals surface area contributed by atoms with E-state index in [0.29, 0.717) is 11.5 Å². The lowest BCUT2D eigenvalue weighted by Crippen LogP contribution is -2.33. The Bertz CT molecular complexity index is 1040. The Morgan fingerprint density at radius 2 is 1.67 bits per heavy atom. The molecule has 0 aliphatic heterocycles. The Hall–Kier alpha value is -3.22. The monoisotopic (exact) mass is 365 g/mol. The van der Waals surface area contributed by atoms with E-state index in [4.69, 9.17) is 0 Å². The Morgan fingerprint density at radius 3 is 2.26 bits per heavy atom. The van der Waals surface area contributed by atoms with Crippen molar-refractivity contribution in [2.75, 3.05) is 5.32 Å². The van der Waals surface area contributed by atoms with Gasteiger partial charge in [0.25, 0.3) is 5.56 Å². The van der Waals surface area contributed by atoms with Gasteiger partial charge in [0.1, 0.15) is 6.04 Å². The third-order valence-corrected chi connectivity index (χ3v) is 4.27. The molecule has 2 heterocycles. The highest BCUT2D eigenvalue weighted by molar-refractivity contribution is 5.93. The highest BCUT2D eigenvalue weighted by Gasteiger charge is 2.19. The molecule has 140 valence electrons. The first kappa shape index (κ1) is 18.6. The van der Waals surface area contributed by atoms with Crippen molar-refractivity contribution in [3.8, 4) is 5.82 Å². The predicted molar refractivity (Wildman–Crippen MR) is 104 cm³/mol. The number of aromatic nitrogens is 4. The number of carbonyl (C=O) groups is 1. The van der Waals surface area contributed by atoms with Crippen LogP contribution in [-0.4, -0.2) is 25.5 Å². The zero-order chi connectivity index (χ0) is 19.7. The SMILES string of the molecule is Cc1cc(C)cc(NC(=O)C(C)n2nc(-n3nc(C)cc3C)ccc2=O)c1. The summed E-state index contributed by atoms with van der Waals surface area (Å²) in [5.74, 6) is 0.186. The van der Waals surface area contributed by atoms with Crippen molar-refractivity contribution in [2.45, 2.75) is 40.7 Å². The number of nitrogens with one attached hydrogen (secondary N) is 1. The summed E-state index contributed by atoms with van der Waals surface area (Å²) < 4.78 is 2.84. The van der Waals surface area contributed by atoms with Crippen LogP contribution in [0.5, 0.6) is 0 Å². The lowest BCUT2D eigenvalue weighted by atomic mass is 10.1. The molecule has 2 aromatic heterocycles. The average molecular weight is 365 g/mol. The highest BCUT2D eigenvalue weighted by Crippen LogP contribution is 2.16. The van der Waals surface area contributed by atoms with Crippen molar-refractivity contribution in [1.29, 1.82) is 0 Å². The minimum Gasteiger partial charge on any atom is -0.324 e. The van der Waals surface area contributed by atoms with Crippen LogP contribution in [0.4, 0.5) is 5.69 Å². The van der Waals surface area contributed by atoms with Crippen LogP contribution in [0.3, 0.4) is 0 Å². The van der Waals surface area contributed by atoms with Crippen molar-refractivity contribution in [3.05, 3.63) is 69.3 Å². The molecule has 0 spiro atoms. The first-order valence-corrected chi connectivity index (χ1v) is 8.77. The molecule has 0 saturated heterocycles. The van der Waals surface area contributed by atoms with Crippen LogP contribution in [0.2, 0.25) is 0 Å². The predicted octanol–water partition coefficient (Wildman–Crippen LogP) is 2.86. The molecule has 3 rings (SSSR count). The molecular weight excluding hydrogens is 342 g/mol. The van der Waals surface area contributed by atoms with Crippen molar-refractivity contribution >= 4 is 11.6 Å². The Morgan fingerprint density at radius 1 is 1.00 bits per heavy atom. The van der Waals surface area contributed by atoms with Gasteiger partial charge >= 0.3 is 0 Å². The maximum atomic E-state index is 12.7. The fourth-order valence-electron chi connectivity index (χ4n) is 3.07. The first-order chi connectivity index (χ1) is 12.7. The second-order valence-corrected chi connectivity index (χ2v) is 6.85. The molecule has 0 radical (unpaired) electrons. The normalized spacial score (nSPS) is 12.0. The molecule has 0 aliphatic carbocycles. The number of hydrogen-bond donors (Lipinski definition) is 1. The van der Waals surface area contributed by atoms with Crippen molar-refractivity contribution in [2.24, 2.45) is 0 Å². The summed E-state index contributed by atoms with van der Waals surface area (Å²) >= 11 is 0. The van der Waals surface area contributed by atoms with Gasteiger partial charge in [-0.25, -0.2) is 9.36 Å². The van der Waals surface area contributed by atoms with Gasteiger partial charge in [-0.2, -0.15) is 5.10 Å². The minimum absolute atomic E-state index is 0.305. The topological polar surface area (TPSA) is 81.8 Å². The number of carbonyl (C=O) groups excluding carboxylic acids is 1. The summed E-state index contributed by atoms with van der Waals surface area (Å²) in [5, 5.41) is 11.6. The zero-order valence-corrected chi connectivity index (χ0v) is 16.1. The molecule has 1 unspecified atom stereocenters. The van der Waals surface area contributed by atoms with E-state index in [1.807, 2.05) is 52.0 Å². The first-order valence-electron chi connectivity index (χ1n) is 8.77. The molecule has 0 aliphatic rings. The Kier molecular flexibility index (Phi) is 4.94. The fourth-order valence-corrected chi connectivity index (χ4v) is 3.07. The summed E-state index contributed by atoms with van der Waals surface area (Å²) in [6.07, 6.45) is 0. The fraction of sp³-hybridized carbons (Fsp3) is 0.300. The number of hydrogen-bond acceptors (Lipinski definition) is 4. The Labute approximate surface area is 157 Å². The summed E-state index contributed by atoms with van der Waals surface area (Å²) in [6.45, 7) is 9.39.